The van der Waals surface area contributed by atoms with Gasteiger partial charge in [-0.15, -0.1) is 0 Å². The molecular weight excluding hydrogens is 584 g/mol. The Bertz CT molecular complexity index is 1110. The van der Waals surface area contributed by atoms with Crippen LogP contribution in [0.5, 0.6) is 0 Å². The van der Waals surface area contributed by atoms with Crippen LogP contribution in [0.25, 0.3) is 0 Å². The number of anilines is 1. The summed E-state index contributed by atoms with van der Waals surface area (Å²) in [5, 5.41) is 6.30. The lowest BCUT2D eigenvalue weighted by molar-refractivity contribution is -0.112. The molecule has 0 heterocycles. The second-order valence-electron chi connectivity index (χ2n) is 8.40. The molecule has 2 atom stereocenters. The normalized spacial score (nSPS) is 25.1. The van der Waals surface area contributed by atoms with Gasteiger partial charge in [-0.25, -0.2) is 8.78 Å². The molecule has 2 aliphatic rings. The van der Waals surface area contributed by atoms with E-state index in [2.05, 4.69) is 26.6 Å². The van der Waals surface area contributed by atoms with Gasteiger partial charge >= 0.3 is 0 Å². The molecule has 4 nitrogen and oxygen atoms in total. The van der Waals surface area contributed by atoms with Gasteiger partial charge in [-0.3, -0.25) is 4.79 Å². The smallest absolute Gasteiger partial charge is 0.253 e. The maximum atomic E-state index is 13.0. The van der Waals surface area contributed by atoms with Gasteiger partial charge in [0.25, 0.3) is 11.8 Å². The number of aldehydes is 1. The molecule has 2 unspecified atom stereocenters. The number of halogens is 7. The Balaban J connectivity index is 1.49. The fourth-order valence-corrected chi connectivity index (χ4v) is 6.28. The van der Waals surface area contributed by atoms with E-state index in [1.807, 2.05) is 0 Å². The fourth-order valence-electron chi connectivity index (χ4n) is 4.22. The summed E-state index contributed by atoms with van der Waals surface area (Å²) in [6.07, 6.45) is -0.0742. The summed E-state index contributed by atoms with van der Waals surface area (Å²) in [4.78, 5) is 24.6. The van der Waals surface area contributed by atoms with E-state index < -0.39 is 46.4 Å². The zero-order valence-corrected chi connectivity index (χ0v) is 21.4. The Kier molecular flexibility index (Phi) is 6.69. The van der Waals surface area contributed by atoms with Crippen LogP contribution in [0.3, 0.4) is 0 Å². The number of hydrogen-bond acceptors (Lipinski definition) is 3. The first-order valence-corrected chi connectivity index (χ1v) is 12.2. The minimum Gasteiger partial charge on any atom is -0.384 e. The number of nitrogens with one attached hydrogen (secondary N) is 2. The molecule has 33 heavy (non-hydrogen) atoms. The van der Waals surface area contributed by atoms with Crippen LogP contribution in [0, 0.1) is 5.41 Å². The third-order valence-corrected chi connectivity index (χ3v) is 8.21. The Morgan fingerprint density at radius 1 is 1.15 bits per heavy atom. The number of benzene rings is 2. The molecule has 0 spiro atoms. The average Bonchev–Trinajstić information content (AvgIpc) is 3.20. The zero-order chi connectivity index (χ0) is 24.2. The van der Waals surface area contributed by atoms with Crippen molar-refractivity contribution in [2.75, 3.05) is 11.9 Å². The minimum atomic E-state index is -2.75. The molecule has 2 saturated carbocycles. The molecule has 0 aromatic heterocycles. The van der Waals surface area contributed by atoms with E-state index in [-0.39, 0.29) is 17.1 Å². The fraction of sp³-hybridized carbons (Fsp3) is 0.364. The summed E-state index contributed by atoms with van der Waals surface area (Å²) in [5.74, 6) is -3.81. The molecule has 0 radical (unpaired) electrons. The lowest BCUT2D eigenvalue weighted by atomic mass is 9.88. The van der Waals surface area contributed by atoms with Crippen molar-refractivity contribution in [3.8, 4) is 0 Å². The monoisotopic (exact) mass is 598 g/mol. The number of carbonyl (C=O) groups is 2. The topological polar surface area (TPSA) is 58.2 Å². The predicted octanol–water partition coefficient (Wildman–Crippen LogP) is 6.85. The number of alkyl halides is 4. The molecule has 0 aliphatic heterocycles. The van der Waals surface area contributed by atoms with Crippen molar-refractivity contribution in [1.82, 2.24) is 5.32 Å². The highest BCUT2D eigenvalue weighted by atomic mass is 79.9. The summed E-state index contributed by atoms with van der Waals surface area (Å²) in [7, 11) is 0. The summed E-state index contributed by atoms with van der Waals surface area (Å²) < 4.78 is 25.5. The van der Waals surface area contributed by atoms with Crippen molar-refractivity contribution in [3.05, 3.63) is 62.0 Å². The van der Waals surface area contributed by atoms with Gasteiger partial charge in [0.15, 0.2) is 0 Å². The van der Waals surface area contributed by atoms with Gasteiger partial charge in [-0.2, -0.15) is 0 Å². The predicted molar refractivity (Wildman–Crippen MR) is 130 cm³/mol. The van der Waals surface area contributed by atoms with E-state index >= 15 is 0 Å². The highest BCUT2D eigenvalue weighted by Gasteiger charge is 2.76. The van der Waals surface area contributed by atoms with Gasteiger partial charge in [-0.05, 0) is 42.0 Å². The van der Waals surface area contributed by atoms with Crippen LogP contribution < -0.4 is 10.6 Å². The molecule has 2 aromatic rings. The molecule has 2 N–H and O–H groups in total. The molecule has 2 fully saturated rings. The third kappa shape index (κ3) is 4.72. The molecule has 176 valence electrons. The molecule has 4 rings (SSSR count). The van der Waals surface area contributed by atoms with Crippen molar-refractivity contribution >= 4 is 80.2 Å². The van der Waals surface area contributed by atoms with Crippen LogP contribution in [0.1, 0.15) is 34.7 Å². The lowest BCUT2D eigenvalue weighted by Gasteiger charge is -2.35. The standard InChI is InChI=1S/C22H17BrCl4F2N2O2/c23-12-3-11(4-13(24)5-12)18-20(10-32,22(18,26)27)9-30-14-1-2-17(25)16(6-14)19(33)31-15-7-21(28,29)8-15/h1-6,10,15,18,30H,7-9H2,(H,31,33). The number of hydrogen-bond donors (Lipinski definition) is 2. The van der Waals surface area contributed by atoms with Gasteiger partial charge in [0.2, 0.25) is 0 Å². The minimum absolute atomic E-state index is 0.0792. The molecule has 0 bridgehead atoms. The molecule has 2 aliphatic carbocycles. The van der Waals surface area contributed by atoms with Crippen LogP contribution in [0.2, 0.25) is 10.0 Å². The highest BCUT2D eigenvalue weighted by Crippen LogP contribution is 2.73. The maximum Gasteiger partial charge on any atom is 0.253 e. The van der Waals surface area contributed by atoms with Crippen LogP contribution >= 0.6 is 62.3 Å². The van der Waals surface area contributed by atoms with E-state index in [0.717, 1.165) is 10.8 Å². The van der Waals surface area contributed by atoms with Crippen LogP contribution in [0.15, 0.2) is 40.9 Å². The van der Waals surface area contributed by atoms with Gasteiger partial charge < -0.3 is 15.4 Å². The number of rotatable bonds is 7. The van der Waals surface area contributed by atoms with Gasteiger partial charge in [-0.1, -0.05) is 62.3 Å². The molecule has 1 amide bonds. The van der Waals surface area contributed by atoms with Crippen molar-refractivity contribution in [2.45, 2.75) is 35.1 Å². The number of carbonyl (C=O) groups excluding carboxylic acids is 2. The zero-order valence-electron chi connectivity index (χ0n) is 16.8. The Morgan fingerprint density at radius 3 is 2.45 bits per heavy atom. The highest BCUT2D eigenvalue weighted by molar-refractivity contribution is 9.10. The molecule has 0 saturated heterocycles. The average molecular weight is 601 g/mol. The van der Waals surface area contributed by atoms with Crippen molar-refractivity contribution < 1.29 is 18.4 Å². The van der Waals surface area contributed by atoms with E-state index in [1.54, 1.807) is 24.3 Å². The van der Waals surface area contributed by atoms with E-state index in [1.165, 1.54) is 12.1 Å². The SMILES string of the molecule is O=CC1(CNc2ccc(Cl)c(C(=O)NC3CC(F)(F)C3)c2)C(c2cc(Cl)cc(Br)c2)C1(Cl)Cl. The summed E-state index contributed by atoms with van der Waals surface area (Å²) in [6, 6.07) is 9.25. The molecule has 11 heteroatoms. The Labute approximate surface area is 217 Å². The molecular formula is C22H17BrCl4F2N2O2. The lowest BCUT2D eigenvalue weighted by Crippen LogP contribution is -2.50. The van der Waals surface area contributed by atoms with Crippen molar-refractivity contribution in [3.63, 3.8) is 0 Å². The number of amides is 1. The first kappa shape index (κ1) is 25.0. The first-order valence-electron chi connectivity index (χ1n) is 9.91. The van der Waals surface area contributed by atoms with E-state index in [4.69, 9.17) is 46.4 Å². The van der Waals surface area contributed by atoms with Crippen LogP contribution in [-0.2, 0) is 4.79 Å². The Morgan fingerprint density at radius 2 is 1.85 bits per heavy atom. The maximum absolute atomic E-state index is 13.0. The summed E-state index contributed by atoms with van der Waals surface area (Å²) in [5.41, 5.74) is 0.194. The quantitative estimate of drug-likeness (QED) is 0.270. The third-order valence-electron chi connectivity index (χ3n) is 6.06. The summed E-state index contributed by atoms with van der Waals surface area (Å²) >= 11 is 28.7. The second kappa shape index (κ2) is 8.83. The van der Waals surface area contributed by atoms with Gasteiger partial charge in [0.1, 0.15) is 10.6 Å². The van der Waals surface area contributed by atoms with Crippen LogP contribution in [0.4, 0.5) is 14.5 Å². The second-order valence-corrected chi connectivity index (χ2v) is 11.5. The van der Waals surface area contributed by atoms with Gasteiger partial charge in [0, 0.05) is 46.5 Å². The van der Waals surface area contributed by atoms with E-state index in [0.29, 0.717) is 16.3 Å². The van der Waals surface area contributed by atoms with Crippen molar-refractivity contribution in [1.29, 1.82) is 0 Å². The Hall–Kier alpha value is -1.12. The first-order chi connectivity index (χ1) is 15.4. The van der Waals surface area contributed by atoms with Crippen LogP contribution in [-0.4, -0.2) is 35.0 Å². The molecule has 2 aromatic carbocycles. The van der Waals surface area contributed by atoms with Gasteiger partial charge in [0.05, 0.1) is 16.0 Å². The largest absolute Gasteiger partial charge is 0.384 e. The van der Waals surface area contributed by atoms with E-state index in [9.17, 15) is 18.4 Å². The van der Waals surface area contributed by atoms with Crippen molar-refractivity contribution in [2.24, 2.45) is 5.41 Å². The summed E-state index contributed by atoms with van der Waals surface area (Å²) in [6.45, 7) is 0.0792.